The van der Waals surface area contributed by atoms with E-state index in [0.29, 0.717) is 11.0 Å². The molecule has 0 unspecified atom stereocenters. The number of aromatic nitrogens is 2. The van der Waals surface area contributed by atoms with Crippen molar-refractivity contribution in [2.24, 2.45) is 0 Å². The molecule has 1 heterocycles. The van der Waals surface area contributed by atoms with Gasteiger partial charge in [0.15, 0.2) is 11.6 Å². The van der Waals surface area contributed by atoms with E-state index < -0.39 is 11.6 Å². The number of benzene rings is 2. The van der Waals surface area contributed by atoms with Gasteiger partial charge in [-0.05, 0) is 18.6 Å². The van der Waals surface area contributed by atoms with E-state index in [1.165, 1.54) is 0 Å². The lowest BCUT2D eigenvalue weighted by atomic mass is 10.2. The molecule has 3 aromatic rings. The summed E-state index contributed by atoms with van der Waals surface area (Å²) in [6, 6.07) is 12.2. The Morgan fingerprint density at radius 3 is 2.62 bits per heavy atom. The maximum atomic E-state index is 13.1. The van der Waals surface area contributed by atoms with Crippen molar-refractivity contribution in [2.75, 3.05) is 11.9 Å². The number of anilines is 1. The monoisotopic (exact) mass is 287 g/mol. The molecule has 0 radical (unpaired) electrons. The zero-order valence-corrected chi connectivity index (χ0v) is 11.4. The van der Waals surface area contributed by atoms with Gasteiger partial charge >= 0.3 is 0 Å². The van der Waals surface area contributed by atoms with Crippen LogP contribution >= 0.6 is 0 Å². The van der Waals surface area contributed by atoms with Crippen LogP contribution in [0.4, 0.5) is 14.5 Å². The first-order valence-electron chi connectivity index (χ1n) is 6.85. The molecule has 3 nitrogen and oxygen atoms in total. The summed E-state index contributed by atoms with van der Waals surface area (Å²) in [5.74, 6) is -0.986. The molecule has 1 aromatic heterocycles. The van der Waals surface area contributed by atoms with Gasteiger partial charge < -0.3 is 10.3 Å². The highest BCUT2D eigenvalue weighted by Gasteiger charge is 2.08. The topological polar surface area (TPSA) is 40.7 Å². The molecule has 108 valence electrons. The first kappa shape index (κ1) is 13.5. The van der Waals surface area contributed by atoms with Crippen LogP contribution in [0.2, 0.25) is 0 Å². The smallest absolute Gasteiger partial charge is 0.161 e. The maximum Gasteiger partial charge on any atom is 0.161 e. The number of H-pyrrole nitrogens is 1. The van der Waals surface area contributed by atoms with Gasteiger partial charge in [-0.2, -0.15) is 0 Å². The standard InChI is InChI=1S/C16H15F2N3/c17-12-9-14-15(10-13(12)18)21-16(20-14)7-4-8-19-11-5-2-1-3-6-11/h1-3,5-6,9-10,19H,4,7-8H2,(H,20,21). The van der Waals surface area contributed by atoms with E-state index >= 15 is 0 Å². The number of hydrogen-bond donors (Lipinski definition) is 2. The number of nitrogens with zero attached hydrogens (tertiary/aromatic N) is 1. The van der Waals surface area contributed by atoms with Gasteiger partial charge in [0.05, 0.1) is 11.0 Å². The van der Waals surface area contributed by atoms with Crippen LogP contribution in [0.5, 0.6) is 0 Å². The van der Waals surface area contributed by atoms with E-state index in [2.05, 4.69) is 15.3 Å². The van der Waals surface area contributed by atoms with Crippen molar-refractivity contribution in [3.63, 3.8) is 0 Å². The van der Waals surface area contributed by atoms with Crippen LogP contribution in [0.25, 0.3) is 11.0 Å². The van der Waals surface area contributed by atoms with E-state index in [1.807, 2.05) is 30.3 Å². The second kappa shape index (κ2) is 5.91. The number of halogens is 2. The Morgan fingerprint density at radius 1 is 1.05 bits per heavy atom. The van der Waals surface area contributed by atoms with E-state index in [0.717, 1.165) is 43.0 Å². The predicted molar refractivity (Wildman–Crippen MR) is 79.3 cm³/mol. The van der Waals surface area contributed by atoms with Gasteiger partial charge in [-0.3, -0.25) is 0 Å². The number of aromatic amines is 1. The average molecular weight is 287 g/mol. The van der Waals surface area contributed by atoms with E-state index in [4.69, 9.17) is 0 Å². The molecule has 0 saturated heterocycles. The third-order valence-electron chi connectivity index (χ3n) is 3.27. The van der Waals surface area contributed by atoms with Crippen LogP contribution in [0.15, 0.2) is 42.5 Å². The lowest BCUT2D eigenvalue weighted by Crippen LogP contribution is -2.03. The quantitative estimate of drug-likeness (QED) is 0.699. The van der Waals surface area contributed by atoms with Crippen molar-refractivity contribution in [3.8, 4) is 0 Å². The summed E-state index contributed by atoms with van der Waals surface area (Å²) < 4.78 is 26.2. The van der Waals surface area contributed by atoms with E-state index in [-0.39, 0.29) is 0 Å². The SMILES string of the molecule is Fc1cc2nc(CCCNc3ccccc3)[nH]c2cc1F. The largest absolute Gasteiger partial charge is 0.385 e. The van der Waals surface area contributed by atoms with Gasteiger partial charge in [-0.25, -0.2) is 13.8 Å². The van der Waals surface area contributed by atoms with Gasteiger partial charge in [0.2, 0.25) is 0 Å². The minimum absolute atomic E-state index is 0.458. The summed E-state index contributed by atoms with van der Waals surface area (Å²) in [5, 5.41) is 3.31. The highest BCUT2D eigenvalue weighted by molar-refractivity contribution is 5.75. The molecule has 5 heteroatoms. The summed E-state index contributed by atoms with van der Waals surface area (Å²) in [4.78, 5) is 7.29. The number of fused-ring (bicyclic) bond motifs is 1. The van der Waals surface area contributed by atoms with Crippen molar-refractivity contribution in [1.82, 2.24) is 9.97 Å². The fourth-order valence-electron chi connectivity index (χ4n) is 2.22. The zero-order chi connectivity index (χ0) is 14.7. The van der Waals surface area contributed by atoms with E-state index in [9.17, 15) is 8.78 Å². The Kier molecular flexibility index (Phi) is 3.81. The highest BCUT2D eigenvalue weighted by atomic mass is 19.2. The summed E-state index contributed by atoms with van der Waals surface area (Å²) in [5.41, 5.74) is 2.06. The number of rotatable bonds is 5. The molecular weight excluding hydrogens is 272 g/mol. The molecule has 0 spiro atoms. The number of aryl methyl sites for hydroxylation is 1. The van der Waals surface area contributed by atoms with Crippen molar-refractivity contribution in [2.45, 2.75) is 12.8 Å². The fraction of sp³-hybridized carbons (Fsp3) is 0.188. The van der Waals surface area contributed by atoms with E-state index in [1.54, 1.807) is 0 Å². The molecule has 0 amide bonds. The molecular formula is C16H15F2N3. The number of para-hydroxylation sites is 1. The Balaban J connectivity index is 1.58. The molecule has 0 aliphatic heterocycles. The summed E-state index contributed by atoms with van der Waals surface area (Å²) in [6.45, 7) is 0.809. The highest BCUT2D eigenvalue weighted by Crippen LogP contribution is 2.17. The fourth-order valence-corrected chi connectivity index (χ4v) is 2.22. The lowest BCUT2D eigenvalue weighted by Gasteiger charge is -2.04. The lowest BCUT2D eigenvalue weighted by molar-refractivity contribution is 0.510. The van der Waals surface area contributed by atoms with Gasteiger partial charge in [0, 0.05) is 30.8 Å². The second-order valence-electron chi connectivity index (χ2n) is 4.86. The number of hydrogen-bond acceptors (Lipinski definition) is 2. The van der Waals surface area contributed by atoms with Crippen LogP contribution < -0.4 is 5.32 Å². The third kappa shape index (κ3) is 3.18. The number of imidazole rings is 1. The van der Waals surface area contributed by atoms with Crippen molar-refractivity contribution in [3.05, 3.63) is 59.9 Å². The minimum Gasteiger partial charge on any atom is -0.385 e. The normalized spacial score (nSPS) is 11.0. The molecule has 2 aromatic carbocycles. The van der Waals surface area contributed by atoms with Crippen LogP contribution in [0.1, 0.15) is 12.2 Å². The Morgan fingerprint density at radius 2 is 1.81 bits per heavy atom. The first-order valence-corrected chi connectivity index (χ1v) is 6.85. The van der Waals surface area contributed by atoms with Gasteiger partial charge in [-0.15, -0.1) is 0 Å². The molecule has 0 bridgehead atoms. The molecule has 2 N–H and O–H groups in total. The molecule has 21 heavy (non-hydrogen) atoms. The molecule has 0 aliphatic rings. The Bertz CT molecular complexity index is 699. The Labute approximate surface area is 121 Å². The third-order valence-corrected chi connectivity index (χ3v) is 3.27. The summed E-state index contributed by atoms with van der Waals surface area (Å²) in [6.07, 6.45) is 1.59. The minimum atomic E-state index is -0.869. The number of nitrogens with one attached hydrogen (secondary N) is 2. The van der Waals surface area contributed by atoms with Crippen LogP contribution in [0, 0.1) is 11.6 Å². The maximum absolute atomic E-state index is 13.1. The van der Waals surface area contributed by atoms with Crippen molar-refractivity contribution >= 4 is 16.7 Å². The molecule has 0 atom stereocenters. The van der Waals surface area contributed by atoms with Gasteiger partial charge in [-0.1, -0.05) is 18.2 Å². The molecule has 3 rings (SSSR count). The van der Waals surface area contributed by atoms with Crippen molar-refractivity contribution < 1.29 is 8.78 Å². The van der Waals surface area contributed by atoms with Crippen LogP contribution in [-0.4, -0.2) is 16.5 Å². The first-order chi connectivity index (χ1) is 10.2. The molecule has 0 fully saturated rings. The van der Waals surface area contributed by atoms with Crippen molar-refractivity contribution in [1.29, 1.82) is 0 Å². The van der Waals surface area contributed by atoms with Crippen LogP contribution in [0.3, 0.4) is 0 Å². The second-order valence-corrected chi connectivity index (χ2v) is 4.86. The molecule has 0 saturated carbocycles. The summed E-state index contributed by atoms with van der Waals surface area (Å²) in [7, 11) is 0. The Hall–Kier alpha value is -2.43. The average Bonchev–Trinajstić information content (AvgIpc) is 2.87. The predicted octanol–water partition coefficient (Wildman–Crippen LogP) is 3.89. The molecule has 0 aliphatic carbocycles. The zero-order valence-electron chi connectivity index (χ0n) is 11.4. The van der Waals surface area contributed by atoms with Gasteiger partial charge in [0.25, 0.3) is 0 Å². The van der Waals surface area contributed by atoms with Crippen LogP contribution in [-0.2, 0) is 6.42 Å². The summed E-state index contributed by atoms with van der Waals surface area (Å²) >= 11 is 0. The van der Waals surface area contributed by atoms with Gasteiger partial charge in [0.1, 0.15) is 5.82 Å².